The van der Waals surface area contributed by atoms with Crippen molar-refractivity contribution >= 4 is 17.6 Å². The van der Waals surface area contributed by atoms with Gasteiger partial charge in [0.2, 0.25) is 5.91 Å². The first-order valence-electron chi connectivity index (χ1n) is 12.8. The minimum absolute atomic E-state index is 0.0394. The molecule has 1 N–H and O–H groups in total. The standard InChI is InChI=1S/C28H30F4N4O4/c29-23-8-6-21(7-9-23)18-36(19-25-5-2-14-40-25)26(37)20-35(11-10-34-12-15-39-16-13-34)27(38)33-24-4-1-3-22(17-24)28(30,31)32/h1-9,14,17H,10-13,15-16,18-20H2,(H,33,38). The molecule has 1 aromatic heterocycles. The van der Waals surface area contributed by atoms with Gasteiger partial charge >= 0.3 is 12.2 Å². The zero-order valence-corrected chi connectivity index (χ0v) is 21.7. The molecule has 40 heavy (non-hydrogen) atoms. The van der Waals surface area contributed by atoms with E-state index in [0.29, 0.717) is 44.2 Å². The Labute approximate surface area is 229 Å². The number of carbonyl (C=O) groups excluding carboxylic acids is 2. The van der Waals surface area contributed by atoms with Crippen LogP contribution in [0.4, 0.5) is 28.0 Å². The van der Waals surface area contributed by atoms with E-state index >= 15 is 0 Å². The predicted octanol–water partition coefficient (Wildman–Crippen LogP) is 4.83. The summed E-state index contributed by atoms with van der Waals surface area (Å²) < 4.78 is 63.8. The highest BCUT2D eigenvalue weighted by atomic mass is 19.4. The van der Waals surface area contributed by atoms with Crippen LogP contribution in [0, 0.1) is 5.82 Å². The van der Waals surface area contributed by atoms with Crippen molar-refractivity contribution in [2.75, 3.05) is 51.3 Å². The molecular weight excluding hydrogens is 532 g/mol. The highest BCUT2D eigenvalue weighted by Crippen LogP contribution is 2.30. The Morgan fingerprint density at radius 2 is 1.70 bits per heavy atom. The van der Waals surface area contributed by atoms with Gasteiger partial charge in [-0.05, 0) is 48.0 Å². The van der Waals surface area contributed by atoms with Gasteiger partial charge in [-0.15, -0.1) is 0 Å². The monoisotopic (exact) mass is 562 g/mol. The molecule has 0 saturated carbocycles. The van der Waals surface area contributed by atoms with Crippen molar-refractivity contribution < 1.29 is 36.3 Å². The van der Waals surface area contributed by atoms with Crippen LogP contribution in [0.25, 0.3) is 0 Å². The van der Waals surface area contributed by atoms with Gasteiger partial charge in [0.25, 0.3) is 0 Å². The van der Waals surface area contributed by atoms with Crippen molar-refractivity contribution in [2.45, 2.75) is 19.3 Å². The molecule has 12 heteroatoms. The number of morpholine rings is 1. The van der Waals surface area contributed by atoms with E-state index in [2.05, 4.69) is 10.2 Å². The number of anilines is 1. The van der Waals surface area contributed by atoms with Gasteiger partial charge in [-0.25, -0.2) is 9.18 Å². The quantitative estimate of drug-likeness (QED) is 0.358. The third-order valence-electron chi connectivity index (χ3n) is 6.41. The summed E-state index contributed by atoms with van der Waals surface area (Å²) in [6.07, 6.45) is -3.09. The molecule has 0 unspecified atom stereocenters. The van der Waals surface area contributed by atoms with Gasteiger partial charge in [-0.1, -0.05) is 18.2 Å². The maximum absolute atomic E-state index is 13.6. The number of nitrogens with one attached hydrogen (secondary N) is 1. The number of furan rings is 1. The number of amides is 3. The van der Waals surface area contributed by atoms with Crippen LogP contribution in [0.5, 0.6) is 0 Å². The van der Waals surface area contributed by atoms with E-state index in [1.54, 1.807) is 24.3 Å². The molecule has 2 heterocycles. The molecular formula is C28H30F4N4O4. The molecule has 1 fully saturated rings. The summed E-state index contributed by atoms with van der Waals surface area (Å²) in [5.41, 5.74) is -0.262. The molecule has 1 aliphatic rings. The Morgan fingerprint density at radius 3 is 2.38 bits per heavy atom. The van der Waals surface area contributed by atoms with Crippen LogP contribution in [0.2, 0.25) is 0 Å². The first kappa shape index (κ1) is 29.1. The summed E-state index contributed by atoms with van der Waals surface area (Å²) >= 11 is 0. The Balaban J connectivity index is 1.51. The number of hydrogen-bond acceptors (Lipinski definition) is 5. The van der Waals surface area contributed by atoms with Crippen LogP contribution in [0.1, 0.15) is 16.9 Å². The molecule has 3 amide bonds. The fourth-order valence-electron chi connectivity index (χ4n) is 4.21. The molecule has 0 spiro atoms. The summed E-state index contributed by atoms with van der Waals surface area (Å²) in [5.74, 6) is -0.307. The van der Waals surface area contributed by atoms with Crippen molar-refractivity contribution in [2.24, 2.45) is 0 Å². The van der Waals surface area contributed by atoms with Gasteiger partial charge < -0.3 is 24.3 Å². The van der Waals surface area contributed by atoms with E-state index in [1.165, 1.54) is 40.3 Å². The maximum atomic E-state index is 13.6. The Morgan fingerprint density at radius 1 is 0.950 bits per heavy atom. The second-order valence-corrected chi connectivity index (χ2v) is 9.34. The molecule has 1 aliphatic heterocycles. The van der Waals surface area contributed by atoms with Crippen LogP contribution in [-0.2, 0) is 28.8 Å². The third-order valence-corrected chi connectivity index (χ3v) is 6.41. The minimum atomic E-state index is -4.57. The summed E-state index contributed by atoms with van der Waals surface area (Å²) in [5, 5.41) is 2.50. The summed E-state index contributed by atoms with van der Waals surface area (Å²) in [6, 6.07) is 12.7. The molecule has 0 radical (unpaired) electrons. The van der Waals surface area contributed by atoms with Gasteiger partial charge in [0.1, 0.15) is 18.1 Å². The van der Waals surface area contributed by atoms with Crippen molar-refractivity contribution in [3.05, 3.63) is 89.6 Å². The highest BCUT2D eigenvalue weighted by molar-refractivity contribution is 5.92. The lowest BCUT2D eigenvalue weighted by Crippen LogP contribution is -2.48. The molecule has 214 valence electrons. The molecule has 4 rings (SSSR count). The number of ether oxygens (including phenoxy) is 1. The Hall–Kier alpha value is -3.90. The lowest BCUT2D eigenvalue weighted by molar-refractivity contribution is -0.137. The van der Waals surface area contributed by atoms with Gasteiger partial charge in [0.05, 0.1) is 31.6 Å². The van der Waals surface area contributed by atoms with Gasteiger partial charge in [0, 0.05) is 38.4 Å². The third kappa shape index (κ3) is 8.55. The highest BCUT2D eigenvalue weighted by Gasteiger charge is 2.31. The van der Waals surface area contributed by atoms with E-state index in [0.717, 1.165) is 12.1 Å². The van der Waals surface area contributed by atoms with Crippen molar-refractivity contribution in [3.8, 4) is 0 Å². The zero-order valence-electron chi connectivity index (χ0n) is 21.7. The molecule has 3 aromatic rings. The fourth-order valence-corrected chi connectivity index (χ4v) is 4.21. The number of hydrogen-bond donors (Lipinski definition) is 1. The summed E-state index contributed by atoms with van der Waals surface area (Å²) in [7, 11) is 0. The zero-order chi connectivity index (χ0) is 28.5. The van der Waals surface area contributed by atoms with E-state index in [9.17, 15) is 27.2 Å². The van der Waals surface area contributed by atoms with Crippen LogP contribution in [0.3, 0.4) is 0 Å². The average molecular weight is 563 g/mol. The summed E-state index contributed by atoms with van der Waals surface area (Å²) in [6.45, 7) is 2.91. The average Bonchev–Trinajstić information content (AvgIpc) is 3.45. The number of alkyl halides is 3. The van der Waals surface area contributed by atoms with Crippen LogP contribution < -0.4 is 5.32 Å². The van der Waals surface area contributed by atoms with E-state index in [-0.39, 0.29) is 31.9 Å². The minimum Gasteiger partial charge on any atom is -0.467 e. The number of nitrogens with zero attached hydrogens (tertiary/aromatic N) is 3. The number of halogens is 4. The first-order valence-corrected chi connectivity index (χ1v) is 12.8. The largest absolute Gasteiger partial charge is 0.467 e. The van der Waals surface area contributed by atoms with E-state index < -0.39 is 29.5 Å². The maximum Gasteiger partial charge on any atom is 0.416 e. The second-order valence-electron chi connectivity index (χ2n) is 9.34. The van der Waals surface area contributed by atoms with Gasteiger partial charge in [0.15, 0.2) is 0 Å². The second kappa shape index (κ2) is 13.4. The SMILES string of the molecule is O=C(CN(CCN1CCOCC1)C(=O)Nc1cccc(C(F)(F)F)c1)N(Cc1ccc(F)cc1)Cc1ccco1. The molecule has 0 aliphatic carbocycles. The van der Waals surface area contributed by atoms with Crippen LogP contribution in [-0.4, -0.2) is 72.6 Å². The van der Waals surface area contributed by atoms with Crippen molar-refractivity contribution in [3.63, 3.8) is 0 Å². The normalized spacial score (nSPS) is 14.1. The topological polar surface area (TPSA) is 78.3 Å². The lowest BCUT2D eigenvalue weighted by atomic mass is 10.2. The van der Waals surface area contributed by atoms with Gasteiger partial charge in [-0.2, -0.15) is 13.2 Å². The summed E-state index contributed by atoms with van der Waals surface area (Å²) in [4.78, 5) is 31.7. The number of urea groups is 1. The van der Waals surface area contributed by atoms with E-state index in [1.807, 2.05) is 0 Å². The van der Waals surface area contributed by atoms with Crippen molar-refractivity contribution in [1.82, 2.24) is 14.7 Å². The lowest BCUT2D eigenvalue weighted by Gasteiger charge is -2.31. The predicted molar refractivity (Wildman–Crippen MR) is 139 cm³/mol. The van der Waals surface area contributed by atoms with Gasteiger partial charge in [-0.3, -0.25) is 9.69 Å². The van der Waals surface area contributed by atoms with Crippen LogP contribution >= 0.6 is 0 Å². The molecule has 2 aromatic carbocycles. The number of benzene rings is 2. The number of rotatable bonds is 10. The molecule has 0 atom stereocenters. The van der Waals surface area contributed by atoms with E-state index in [4.69, 9.17) is 9.15 Å². The van der Waals surface area contributed by atoms with Crippen molar-refractivity contribution in [1.29, 1.82) is 0 Å². The smallest absolute Gasteiger partial charge is 0.416 e. The molecule has 0 bridgehead atoms. The Bertz CT molecular complexity index is 1250. The first-order chi connectivity index (χ1) is 19.2. The molecule has 8 nitrogen and oxygen atoms in total. The number of carbonyl (C=O) groups is 2. The fraction of sp³-hybridized carbons (Fsp3) is 0.357. The van der Waals surface area contributed by atoms with Crippen LogP contribution in [0.15, 0.2) is 71.3 Å². The Kier molecular flexibility index (Phi) is 9.78. The molecule has 1 saturated heterocycles.